The first kappa shape index (κ1) is 27.7. The van der Waals surface area contributed by atoms with E-state index in [0.717, 1.165) is 0 Å². The van der Waals surface area contributed by atoms with Crippen LogP contribution < -0.4 is 16.0 Å². The Morgan fingerprint density at radius 1 is 1.19 bits per heavy atom. The number of Topliss-reactive ketones (excluding diaryl/α,β-unsaturated/α-hetero) is 1. The first-order chi connectivity index (χ1) is 14.9. The molecule has 3 unspecified atom stereocenters. The van der Waals surface area contributed by atoms with Gasteiger partial charge in [0.15, 0.2) is 6.29 Å². The Labute approximate surface area is 191 Å². The number of aldehydes is 1. The minimum atomic E-state index is -1.15. The molecule has 0 saturated carbocycles. The zero-order chi connectivity index (χ0) is 24.5. The first-order valence-corrected chi connectivity index (χ1v) is 11.9. The lowest BCUT2D eigenvalue weighted by Crippen LogP contribution is -2.55. The molecule has 1 aliphatic rings. The fourth-order valence-corrected chi connectivity index (χ4v) is 3.99. The Morgan fingerprint density at radius 3 is 2.41 bits per heavy atom. The SMILES string of the molecule is CCS(=O)N(C)CC(NC(=O)NCC(=O)N1CCCC1C(=O)NCC(=O)C=O)C(C)(C)C. The van der Waals surface area contributed by atoms with Crippen molar-refractivity contribution in [3.8, 4) is 0 Å². The number of hydrogen-bond acceptors (Lipinski definition) is 6. The highest BCUT2D eigenvalue weighted by molar-refractivity contribution is 7.82. The molecule has 0 spiro atoms. The summed E-state index contributed by atoms with van der Waals surface area (Å²) in [6, 6.07) is -1.60. The van der Waals surface area contributed by atoms with E-state index in [-0.39, 0.29) is 24.3 Å². The highest BCUT2D eigenvalue weighted by Gasteiger charge is 2.34. The number of rotatable bonds is 11. The molecule has 32 heavy (non-hydrogen) atoms. The van der Waals surface area contributed by atoms with E-state index in [2.05, 4.69) is 16.0 Å². The molecule has 3 atom stereocenters. The lowest BCUT2D eigenvalue weighted by atomic mass is 9.87. The lowest BCUT2D eigenvalue weighted by Gasteiger charge is -2.34. The quantitative estimate of drug-likeness (QED) is 0.264. The fraction of sp³-hybridized carbons (Fsp3) is 0.750. The van der Waals surface area contributed by atoms with Crippen LogP contribution in [0, 0.1) is 5.41 Å². The van der Waals surface area contributed by atoms with E-state index in [1.165, 1.54) is 4.90 Å². The molecule has 3 N–H and O–H groups in total. The van der Waals surface area contributed by atoms with Crippen LogP contribution in [0.1, 0.15) is 40.5 Å². The zero-order valence-corrected chi connectivity index (χ0v) is 20.3. The highest BCUT2D eigenvalue weighted by atomic mass is 32.2. The molecule has 1 saturated heterocycles. The van der Waals surface area contributed by atoms with Gasteiger partial charge in [0.05, 0.1) is 24.1 Å². The monoisotopic (exact) mass is 473 g/mol. The van der Waals surface area contributed by atoms with Gasteiger partial charge in [-0.15, -0.1) is 0 Å². The Balaban J connectivity index is 2.62. The number of hydrogen-bond donors (Lipinski definition) is 3. The zero-order valence-electron chi connectivity index (χ0n) is 19.4. The second kappa shape index (κ2) is 12.6. The summed E-state index contributed by atoms with van der Waals surface area (Å²) in [6.07, 6.45) is 1.18. The summed E-state index contributed by atoms with van der Waals surface area (Å²) in [6.45, 7) is 7.71. The summed E-state index contributed by atoms with van der Waals surface area (Å²) in [5, 5.41) is 7.73. The summed E-state index contributed by atoms with van der Waals surface area (Å²) < 4.78 is 13.7. The number of ketones is 1. The molecule has 1 fully saturated rings. The highest BCUT2D eigenvalue weighted by Crippen LogP contribution is 2.20. The largest absolute Gasteiger partial charge is 0.347 e. The van der Waals surface area contributed by atoms with Gasteiger partial charge in [0.2, 0.25) is 17.6 Å². The van der Waals surface area contributed by atoms with Crippen molar-refractivity contribution in [3.63, 3.8) is 0 Å². The number of carbonyl (C=O) groups excluding carboxylic acids is 5. The standard InChI is InChI=1S/C20H35N5O6S/c1-6-32(31)24(5)12-16(20(2,3)4)23-19(30)22-11-17(28)25-9-7-8-15(25)18(29)21-10-14(27)13-26/h13,15-16H,6-12H2,1-5H3,(H,21,29)(H2,22,23,30). The summed E-state index contributed by atoms with van der Waals surface area (Å²) >= 11 is 0. The van der Waals surface area contributed by atoms with Gasteiger partial charge in [0.1, 0.15) is 6.04 Å². The predicted molar refractivity (Wildman–Crippen MR) is 120 cm³/mol. The molecule has 182 valence electrons. The normalized spacial score (nSPS) is 18.1. The van der Waals surface area contributed by atoms with E-state index in [1.54, 1.807) is 11.4 Å². The number of carbonyl (C=O) groups is 5. The van der Waals surface area contributed by atoms with E-state index in [1.807, 2.05) is 27.7 Å². The van der Waals surface area contributed by atoms with Gasteiger partial charge in [-0.25, -0.2) is 13.3 Å². The first-order valence-electron chi connectivity index (χ1n) is 10.6. The third-order valence-electron chi connectivity index (χ3n) is 5.23. The molecule has 0 radical (unpaired) electrons. The Hall–Kier alpha value is -2.34. The van der Waals surface area contributed by atoms with Crippen LogP contribution in [0.3, 0.4) is 0 Å². The minimum Gasteiger partial charge on any atom is -0.347 e. The molecule has 0 aromatic rings. The number of likely N-dealkylation sites (N-methyl/N-ethyl adjacent to an activating group) is 1. The van der Waals surface area contributed by atoms with Crippen molar-refractivity contribution < 1.29 is 28.2 Å². The van der Waals surface area contributed by atoms with Crippen LogP contribution in [-0.4, -0.2) is 94.4 Å². The Morgan fingerprint density at radius 2 is 1.84 bits per heavy atom. The van der Waals surface area contributed by atoms with Crippen molar-refractivity contribution in [1.29, 1.82) is 0 Å². The van der Waals surface area contributed by atoms with Crippen LogP contribution in [0.15, 0.2) is 0 Å². The minimum absolute atomic E-state index is 0.128. The molecule has 0 aromatic heterocycles. The maximum Gasteiger partial charge on any atom is 0.315 e. The molecular weight excluding hydrogens is 438 g/mol. The predicted octanol–water partition coefficient (Wildman–Crippen LogP) is -0.809. The van der Waals surface area contributed by atoms with Crippen molar-refractivity contribution in [1.82, 2.24) is 25.2 Å². The molecule has 0 aromatic carbocycles. The van der Waals surface area contributed by atoms with E-state index in [0.29, 0.717) is 31.7 Å². The maximum absolute atomic E-state index is 12.6. The van der Waals surface area contributed by atoms with Crippen molar-refractivity contribution >= 4 is 40.9 Å². The van der Waals surface area contributed by atoms with E-state index >= 15 is 0 Å². The molecule has 11 nitrogen and oxygen atoms in total. The van der Waals surface area contributed by atoms with Crippen molar-refractivity contribution in [2.75, 3.05) is 39.0 Å². The molecule has 12 heteroatoms. The van der Waals surface area contributed by atoms with Crippen molar-refractivity contribution in [2.24, 2.45) is 5.41 Å². The number of nitrogens with zero attached hydrogens (tertiary/aromatic N) is 2. The van der Waals surface area contributed by atoms with Gasteiger partial charge in [-0.3, -0.25) is 19.2 Å². The number of amides is 4. The number of urea groups is 1. The van der Waals surface area contributed by atoms with Crippen LogP contribution in [0.4, 0.5) is 4.79 Å². The molecule has 0 aliphatic carbocycles. The molecular formula is C20H35N5O6S. The third-order valence-corrected chi connectivity index (χ3v) is 6.57. The lowest BCUT2D eigenvalue weighted by molar-refractivity contribution is -0.138. The van der Waals surface area contributed by atoms with E-state index in [9.17, 15) is 28.2 Å². The molecule has 1 rings (SSSR count). The average Bonchev–Trinajstić information content (AvgIpc) is 3.23. The maximum atomic E-state index is 12.6. The third kappa shape index (κ3) is 8.65. The molecule has 1 aliphatic heterocycles. The van der Waals surface area contributed by atoms with Crippen molar-refractivity contribution in [2.45, 2.75) is 52.6 Å². The summed E-state index contributed by atoms with van der Waals surface area (Å²) in [4.78, 5) is 60.1. The van der Waals surface area contributed by atoms with Gasteiger partial charge in [0.25, 0.3) is 0 Å². The molecule has 0 bridgehead atoms. The van der Waals surface area contributed by atoms with Gasteiger partial charge in [-0.05, 0) is 25.3 Å². The second-order valence-electron chi connectivity index (χ2n) is 8.71. The average molecular weight is 474 g/mol. The molecule has 1 heterocycles. The van der Waals surface area contributed by atoms with Crippen LogP contribution in [0.2, 0.25) is 0 Å². The smallest absolute Gasteiger partial charge is 0.315 e. The number of nitrogens with one attached hydrogen (secondary N) is 3. The van der Waals surface area contributed by atoms with Crippen LogP contribution >= 0.6 is 0 Å². The van der Waals surface area contributed by atoms with Gasteiger partial charge in [-0.1, -0.05) is 27.7 Å². The van der Waals surface area contributed by atoms with Gasteiger partial charge < -0.3 is 20.9 Å². The molecule has 4 amide bonds. The Bertz CT molecular complexity index is 738. The summed E-state index contributed by atoms with van der Waals surface area (Å²) in [7, 11) is 0.578. The van der Waals surface area contributed by atoms with Crippen LogP contribution in [0.25, 0.3) is 0 Å². The Kier molecular flexibility index (Phi) is 10.9. The van der Waals surface area contributed by atoms with Gasteiger partial charge in [-0.2, -0.15) is 0 Å². The van der Waals surface area contributed by atoms with Crippen LogP contribution in [-0.2, 0) is 30.2 Å². The van der Waals surface area contributed by atoms with E-state index < -0.39 is 47.2 Å². The summed E-state index contributed by atoms with van der Waals surface area (Å²) in [5.74, 6) is -1.21. The topological polar surface area (TPSA) is 145 Å². The van der Waals surface area contributed by atoms with E-state index in [4.69, 9.17) is 0 Å². The van der Waals surface area contributed by atoms with Crippen molar-refractivity contribution in [3.05, 3.63) is 0 Å². The summed E-state index contributed by atoms with van der Waals surface area (Å²) in [5.41, 5.74) is -0.315. The fourth-order valence-electron chi connectivity index (χ4n) is 3.23. The van der Waals surface area contributed by atoms with Gasteiger partial charge >= 0.3 is 6.03 Å². The van der Waals surface area contributed by atoms with Crippen LogP contribution in [0.5, 0.6) is 0 Å². The van der Waals surface area contributed by atoms with Gasteiger partial charge in [0, 0.05) is 24.9 Å². The second-order valence-corrected chi connectivity index (χ2v) is 10.6. The number of likely N-dealkylation sites (tertiary alicyclic amines) is 1.